The summed E-state index contributed by atoms with van der Waals surface area (Å²) in [6.07, 6.45) is 1.21. The number of halogens is 2. The van der Waals surface area contributed by atoms with Gasteiger partial charge >= 0.3 is 0 Å². The summed E-state index contributed by atoms with van der Waals surface area (Å²) >= 11 is 0. The minimum atomic E-state index is -4.18. The van der Waals surface area contributed by atoms with Crippen LogP contribution in [0.4, 0.5) is 8.78 Å². The first-order valence-electron chi connectivity index (χ1n) is 9.56. The Morgan fingerprint density at radius 3 is 2.19 bits per heavy atom. The van der Waals surface area contributed by atoms with Gasteiger partial charge in [-0.2, -0.15) is 0 Å². The molecule has 0 atom stereocenters. The van der Waals surface area contributed by atoms with Crippen molar-refractivity contribution in [1.29, 1.82) is 0 Å². The number of hydrogen-bond acceptors (Lipinski definition) is 3. The number of aryl methyl sites for hydroxylation is 2. The van der Waals surface area contributed by atoms with E-state index in [2.05, 4.69) is 0 Å². The third-order valence-electron chi connectivity index (χ3n) is 5.11. The van der Waals surface area contributed by atoms with Crippen LogP contribution in [0.3, 0.4) is 0 Å². The molecule has 4 nitrogen and oxygen atoms in total. The first kappa shape index (κ1) is 20.9. The summed E-state index contributed by atoms with van der Waals surface area (Å²) in [7, 11) is -4.18. The highest BCUT2D eigenvalue weighted by Crippen LogP contribution is 2.24. The smallest absolute Gasteiger partial charge is 0.211 e. The van der Waals surface area contributed by atoms with Crippen molar-refractivity contribution in [3.8, 4) is 0 Å². The van der Waals surface area contributed by atoms with E-state index in [9.17, 15) is 22.0 Å². The van der Waals surface area contributed by atoms with Gasteiger partial charge in [0.25, 0.3) is 0 Å². The first-order valence-corrected chi connectivity index (χ1v) is 11.0. The average molecular weight is 439 g/mol. The molecular formula is C24H19F2NO3S. The molecule has 0 fully saturated rings. The monoisotopic (exact) mass is 439 g/mol. The van der Waals surface area contributed by atoms with Crippen molar-refractivity contribution in [3.05, 3.63) is 105 Å². The van der Waals surface area contributed by atoms with Crippen LogP contribution in [-0.2, 0) is 16.4 Å². The van der Waals surface area contributed by atoms with Gasteiger partial charge < -0.3 is 4.57 Å². The van der Waals surface area contributed by atoms with E-state index < -0.39 is 31.8 Å². The zero-order valence-corrected chi connectivity index (χ0v) is 17.7. The van der Waals surface area contributed by atoms with E-state index in [0.717, 1.165) is 28.8 Å². The molecule has 0 bridgehead atoms. The molecule has 7 heteroatoms. The van der Waals surface area contributed by atoms with Gasteiger partial charge in [-0.05, 0) is 43.2 Å². The maximum Gasteiger partial charge on any atom is 0.211 e. The van der Waals surface area contributed by atoms with Crippen LogP contribution >= 0.6 is 0 Å². The molecule has 4 aromatic rings. The minimum absolute atomic E-state index is 0.0337. The Morgan fingerprint density at radius 1 is 0.871 bits per heavy atom. The fourth-order valence-corrected chi connectivity index (χ4v) is 5.07. The van der Waals surface area contributed by atoms with Crippen molar-refractivity contribution in [3.63, 3.8) is 0 Å². The fourth-order valence-electron chi connectivity index (χ4n) is 3.60. The van der Waals surface area contributed by atoms with Crippen molar-refractivity contribution < 1.29 is 17.2 Å². The van der Waals surface area contributed by atoms with Crippen LogP contribution in [0.25, 0.3) is 10.9 Å². The summed E-state index contributed by atoms with van der Waals surface area (Å²) in [6.45, 7) is 3.84. The molecule has 0 spiro atoms. The molecule has 0 aliphatic heterocycles. The predicted octanol–water partition coefficient (Wildman–Crippen LogP) is 4.78. The zero-order chi connectivity index (χ0) is 22.3. The number of nitrogens with zero attached hydrogens (tertiary/aromatic N) is 1. The highest BCUT2D eigenvalue weighted by Gasteiger charge is 2.25. The number of hydrogen-bond donors (Lipinski definition) is 0. The van der Waals surface area contributed by atoms with Crippen molar-refractivity contribution >= 4 is 20.7 Å². The van der Waals surface area contributed by atoms with Crippen LogP contribution in [0.1, 0.15) is 16.7 Å². The standard InChI is InChI=1S/C24H19F2NO3S/c1-15-5-3-7-17(9-15)13-27-14-23(31(29,30)18-8-4-6-16(2)10-18)24(28)19-11-20(25)21(26)12-22(19)27/h3-12,14H,13H2,1-2H3. The van der Waals surface area contributed by atoms with Gasteiger partial charge in [0.2, 0.25) is 15.3 Å². The summed E-state index contributed by atoms with van der Waals surface area (Å²) in [5.41, 5.74) is 1.79. The Balaban J connectivity index is 2.02. The van der Waals surface area contributed by atoms with Crippen molar-refractivity contribution in [2.45, 2.75) is 30.2 Å². The highest BCUT2D eigenvalue weighted by molar-refractivity contribution is 7.91. The minimum Gasteiger partial charge on any atom is -0.341 e. The predicted molar refractivity (Wildman–Crippen MR) is 115 cm³/mol. The first-order chi connectivity index (χ1) is 14.7. The highest BCUT2D eigenvalue weighted by atomic mass is 32.2. The molecule has 1 heterocycles. The molecule has 0 aliphatic rings. The topological polar surface area (TPSA) is 56.1 Å². The van der Waals surface area contributed by atoms with E-state index in [-0.39, 0.29) is 22.3 Å². The number of pyridine rings is 1. The third-order valence-corrected chi connectivity index (χ3v) is 6.86. The number of benzene rings is 3. The van der Waals surface area contributed by atoms with Crippen LogP contribution < -0.4 is 5.43 Å². The largest absolute Gasteiger partial charge is 0.341 e. The molecule has 0 unspecified atom stereocenters. The molecule has 0 aliphatic carbocycles. The van der Waals surface area contributed by atoms with Crippen LogP contribution in [0, 0.1) is 25.5 Å². The van der Waals surface area contributed by atoms with E-state index in [1.54, 1.807) is 19.1 Å². The summed E-state index contributed by atoms with van der Waals surface area (Å²) in [5, 5.41) is -0.194. The van der Waals surface area contributed by atoms with E-state index >= 15 is 0 Å². The van der Waals surface area contributed by atoms with Gasteiger partial charge in [-0.25, -0.2) is 17.2 Å². The van der Waals surface area contributed by atoms with Gasteiger partial charge in [0.1, 0.15) is 4.90 Å². The molecule has 0 saturated heterocycles. The van der Waals surface area contributed by atoms with Crippen LogP contribution in [0.15, 0.2) is 81.4 Å². The lowest BCUT2D eigenvalue weighted by molar-refractivity contribution is 0.510. The van der Waals surface area contributed by atoms with Crippen LogP contribution in [0.5, 0.6) is 0 Å². The van der Waals surface area contributed by atoms with Crippen LogP contribution in [0.2, 0.25) is 0 Å². The second-order valence-corrected chi connectivity index (χ2v) is 9.46. The Bertz CT molecular complexity index is 1490. The quantitative estimate of drug-likeness (QED) is 0.460. The Morgan fingerprint density at radius 2 is 1.52 bits per heavy atom. The number of rotatable bonds is 4. The van der Waals surface area contributed by atoms with Crippen molar-refractivity contribution in [2.24, 2.45) is 0 Å². The Labute approximate surface area is 178 Å². The maximum atomic E-state index is 14.0. The van der Waals surface area contributed by atoms with E-state index in [1.807, 2.05) is 31.2 Å². The van der Waals surface area contributed by atoms with Gasteiger partial charge in [0, 0.05) is 18.8 Å². The fraction of sp³-hybridized carbons (Fsp3) is 0.125. The molecule has 1 aromatic heterocycles. The number of fused-ring (bicyclic) bond motifs is 1. The molecule has 0 saturated carbocycles. The second kappa shape index (κ2) is 7.74. The molecule has 31 heavy (non-hydrogen) atoms. The molecule has 0 amide bonds. The van der Waals surface area contributed by atoms with E-state index in [0.29, 0.717) is 0 Å². The average Bonchev–Trinajstić information content (AvgIpc) is 2.71. The zero-order valence-electron chi connectivity index (χ0n) is 16.9. The number of sulfone groups is 1. The maximum absolute atomic E-state index is 14.0. The van der Waals surface area contributed by atoms with Gasteiger partial charge in [-0.1, -0.05) is 42.0 Å². The van der Waals surface area contributed by atoms with E-state index in [1.165, 1.54) is 22.9 Å². The summed E-state index contributed by atoms with van der Waals surface area (Å²) in [4.78, 5) is 12.6. The van der Waals surface area contributed by atoms with E-state index in [4.69, 9.17) is 0 Å². The normalized spacial score (nSPS) is 11.7. The SMILES string of the molecule is Cc1cccc(Cn2cc(S(=O)(=O)c3cccc(C)c3)c(=O)c3cc(F)c(F)cc32)c1. The lowest BCUT2D eigenvalue weighted by atomic mass is 10.1. The summed E-state index contributed by atoms with van der Waals surface area (Å²) in [5.74, 6) is -2.32. The van der Waals surface area contributed by atoms with Gasteiger partial charge in [-0.3, -0.25) is 4.79 Å². The van der Waals surface area contributed by atoms with Crippen molar-refractivity contribution in [2.75, 3.05) is 0 Å². The molecule has 158 valence electrons. The second-order valence-electron chi connectivity index (χ2n) is 7.54. The van der Waals surface area contributed by atoms with Gasteiger partial charge in [0.05, 0.1) is 15.8 Å². The molecule has 4 rings (SSSR count). The van der Waals surface area contributed by atoms with Crippen LogP contribution in [-0.4, -0.2) is 13.0 Å². The molecule has 0 N–H and O–H groups in total. The van der Waals surface area contributed by atoms with Gasteiger partial charge in [0.15, 0.2) is 11.6 Å². The molecule has 0 radical (unpaired) electrons. The van der Waals surface area contributed by atoms with Gasteiger partial charge in [-0.15, -0.1) is 0 Å². The molecular weight excluding hydrogens is 420 g/mol. The lowest BCUT2D eigenvalue weighted by Crippen LogP contribution is -2.20. The Kier molecular flexibility index (Phi) is 5.23. The summed E-state index contributed by atoms with van der Waals surface area (Å²) in [6, 6.07) is 15.4. The summed E-state index contributed by atoms with van der Waals surface area (Å²) < 4.78 is 56.0. The van der Waals surface area contributed by atoms with Crippen molar-refractivity contribution in [1.82, 2.24) is 4.57 Å². The number of aromatic nitrogens is 1. The lowest BCUT2D eigenvalue weighted by Gasteiger charge is -2.15. The molecule has 3 aromatic carbocycles. The Hall–Kier alpha value is -3.32. The third kappa shape index (κ3) is 3.88.